The second kappa shape index (κ2) is 7.88. The summed E-state index contributed by atoms with van der Waals surface area (Å²) in [5, 5.41) is 3.06. The maximum Gasteiger partial charge on any atom is 0.255 e. The number of hydrogen-bond donors (Lipinski definition) is 1. The van der Waals surface area contributed by atoms with Crippen molar-refractivity contribution in [3.05, 3.63) is 74.1 Å². The maximum atomic E-state index is 12.7. The van der Waals surface area contributed by atoms with Crippen LogP contribution in [0.3, 0.4) is 0 Å². The number of hydrogen-bond acceptors (Lipinski definition) is 3. The summed E-state index contributed by atoms with van der Waals surface area (Å²) in [6.45, 7) is 6.33. The van der Waals surface area contributed by atoms with Gasteiger partial charge in [-0.2, -0.15) is 0 Å². The van der Waals surface area contributed by atoms with Crippen LogP contribution in [0.2, 0.25) is 0 Å². The summed E-state index contributed by atoms with van der Waals surface area (Å²) >= 11 is 1.92. The molecule has 1 unspecified atom stereocenters. The van der Waals surface area contributed by atoms with Gasteiger partial charge in [-0.3, -0.25) is 9.79 Å². The third-order valence-corrected chi connectivity index (χ3v) is 6.79. The number of benzene rings is 1. The zero-order valence-electron chi connectivity index (χ0n) is 16.7. The Kier molecular flexibility index (Phi) is 5.31. The molecule has 1 aliphatic heterocycles. The summed E-state index contributed by atoms with van der Waals surface area (Å²) in [5.41, 5.74) is 6.33. The lowest BCUT2D eigenvalue weighted by Gasteiger charge is -2.09. The molecule has 0 bridgehead atoms. The average Bonchev–Trinajstić information content (AvgIpc) is 3.17. The van der Waals surface area contributed by atoms with Gasteiger partial charge < -0.3 is 5.32 Å². The van der Waals surface area contributed by atoms with Gasteiger partial charge in [0.25, 0.3) is 5.91 Å². The van der Waals surface area contributed by atoms with Crippen molar-refractivity contribution in [3.8, 4) is 0 Å². The highest BCUT2D eigenvalue weighted by Gasteiger charge is 2.23. The number of aryl methyl sites for hydroxylation is 3. The first-order chi connectivity index (χ1) is 13.6. The highest BCUT2D eigenvalue weighted by Crippen LogP contribution is 2.40. The van der Waals surface area contributed by atoms with Crippen LogP contribution in [0, 0.1) is 19.8 Å². The largest absolute Gasteiger partial charge is 0.321 e. The van der Waals surface area contributed by atoms with Crippen molar-refractivity contribution in [1.29, 1.82) is 0 Å². The van der Waals surface area contributed by atoms with E-state index in [9.17, 15) is 4.79 Å². The molecule has 1 aromatic carbocycles. The summed E-state index contributed by atoms with van der Waals surface area (Å²) in [6, 6.07) is 7.66. The van der Waals surface area contributed by atoms with Gasteiger partial charge in [0.05, 0.1) is 17.6 Å². The molecule has 1 amide bonds. The van der Waals surface area contributed by atoms with Gasteiger partial charge in [-0.25, -0.2) is 0 Å². The zero-order chi connectivity index (χ0) is 19.7. The van der Waals surface area contributed by atoms with E-state index in [1.54, 1.807) is 0 Å². The molecule has 3 nitrogen and oxygen atoms in total. The first-order valence-corrected chi connectivity index (χ1v) is 10.8. The van der Waals surface area contributed by atoms with Crippen molar-refractivity contribution >= 4 is 29.2 Å². The molecule has 4 heteroatoms. The highest BCUT2D eigenvalue weighted by molar-refractivity contribution is 7.12. The lowest BCUT2D eigenvalue weighted by atomic mass is 9.99. The van der Waals surface area contributed by atoms with Crippen LogP contribution in [0.5, 0.6) is 0 Å². The van der Waals surface area contributed by atoms with E-state index in [2.05, 4.69) is 31.3 Å². The molecule has 2 heterocycles. The molecule has 2 aliphatic rings. The van der Waals surface area contributed by atoms with Crippen molar-refractivity contribution in [2.75, 3.05) is 0 Å². The fraction of sp³-hybridized carbons (Fsp3) is 0.333. The van der Waals surface area contributed by atoms with Gasteiger partial charge in [0.1, 0.15) is 0 Å². The number of amides is 1. The van der Waals surface area contributed by atoms with Crippen LogP contribution in [0.1, 0.15) is 56.6 Å². The number of allylic oxidation sites excluding steroid dienone is 3. The van der Waals surface area contributed by atoms with Gasteiger partial charge in [0, 0.05) is 20.9 Å². The van der Waals surface area contributed by atoms with Crippen LogP contribution in [-0.2, 0) is 12.8 Å². The molecule has 0 radical (unpaired) electrons. The molecule has 4 rings (SSSR count). The quantitative estimate of drug-likeness (QED) is 0.723. The van der Waals surface area contributed by atoms with Gasteiger partial charge >= 0.3 is 0 Å². The molecule has 2 aromatic rings. The Hall–Kier alpha value is -2.46. The van der Waals surface area contributed by atoms with E-state index in [1.807, 2.05) is 48.7 Å². The molecular formula is C24H26N2OS. The van der Waals surface area contributed by atoms with E-state index in [0.29, 0.717) is 5.56 Å². The fourth-order valence-electron chi connectivity index (χ4n) is 4.07. The fourth-order valence-corrected chi connectivity index (χ4v) is 5.34. The number of nitrogens with zero attached hydrogens (tertiary/aromatic N) is 1. The van der Waals surface area contributed by atoms with Gasteiger partial charge in [-0.05, 0) is 62.6 Å². The second-order valence-corrected chi connectivity index (χ2v) is 8.87. The Labute approximate surface area is 170 Å². The molecule has 0 saturated carbocycles. The van der Waals surface area contributed by atoms with Crippen LogP contribution in [0.25, 0.3) is 5.70 Å². The topological polar surface area (TPSA) is 41.5 Å². The van der Waals surface area contributed by atoms with Crippen molar-refractivity contribution < 1.29 is 4.79 Å². The van der Waals surface area contributed by atoms with Gasteiger partial charge in [0.2, 0.25) is 0 Å². The number of rotatable bonds is 4. The molecule has 1 aromatic heterocycles. The monoisotopic (exact) mass is 390 g/mol. The third kappa shape index (κ3) is 3.61. The Morgan fingerprint density at radius 1 is 1.21 bits per heavy atom. The van der Waals surface area contributed by atoms with Gasteiger partial charge in [0.15, 0.2) is 0 Å². The highest BCUT2D eigenvalue weighted by atomic mass is 32.1. The number of fused-ring (bicyclic) bond motifs is 1. The van der Waals surface area contributed by atoms with Crippen molar-refractivity contribution in [1.82, 2.24) is 5.32 Å². The van der Waals surface area contributed by atoms with E-state index in [0.717, 1.165) is 29.8 Å². The van der Waals surface area contributed by atoms with Gasteiger partial charge in [-0.1, -0.05) is 37.3 Å². The van der Waals surface area contributed by atoms with Crippen molar-refractivity contribution in [2.45, 2.75) is 46.5 Å². The smallest absolute Gasteiger partial charge is 0.255 e. The predicted octanol–water partition coefficient (Wildman–Crippen LogP) is 5.62. The summed E-state index contributed by atoms with van der Waals surface area (Å²) in [6.07, 6.45) is 10.8. The van der Waals surface area contributed by atoms with Gasteiger partial charge in [-0.15, -0.1) is 11.3 Å². The normalized spacial score (nSPS) is 18.3. The SMILES string of the molecule is CCC1C=C(NC(=O)c2ccccc2C)C=NC(c2c(C)sc3c2CCC3)=C1. The molecule has 1 aliphatic carbocycles. The van der Waals surface area contributed by atoms with Crippen LogP contribution >= 0.6 is 11.3 Å². The number of nitrogens with one attached hydrogen (secondary N) is 1. The molecular weight excluding hydrogens is 364 g/mol. The molecule has 28 heavy (non-hydrogen) atoms. The average molecular weight is 391 g/mol. The third-order valence-electron chi connectivity index (χ3n) is 5.58. The molecule has 1 N–H and O–H groups in total. The summed E-state index contributed by atoms with van der Waals surface area (Å²) in [7, 11) is 0. The summed E-state index contributed by atoms with van der Waals surface area (Å²) < 4.78 is 0. The lowest BCUT2D eigenvalue weighted by molar-refractivity contribution is 0.0967. The maximum absolute atomic E-state index is 12.7. The van der Waals surface area contributed by atoms with E-state index in [4.69, 9.17) is 4.99 Å². The van der Waals surface area contributed by atoms with E-state index in [-0.39, 0.29) is 11.8 Å². The van der Waals surface area contributed by atoms with Crippen molar-refractivity contribution in [2.24, 2.45) is 10.9 Å². The van der Waals surface area contributed by atoms with Crippen molar-refractivity contribution in [3.63, 3.8) is 0 Å². The van der Waals surface area contributed by atoms with E-state index < -0.39 is 0 Å². The Balaban J connectivity index is 1.62. The van der Waals surface area contributed by atoms with E-state index in [1.165, 1.54) is 33.7 Å². The number of carbonyl (C=O) groups is 1. The molecule has 144 valence electrons. The summed E-state index contributed by atoms with van der Waals surface area (Å²) in [4.78, 5) is 20.4. The standard InChI is InChI=1S/C24H26N2OS/c1-4-17-12-18(26-24(27)19-9-6-5-8-15(19)2)14-25-21(13-17)23-16(3)28-22-11-7-10-20(22)23/h5-6,8-9,12-14,17H,4,7,10-11H2,1-3H3,(H,26,27). The first kappa shape index (κ1) is 18.9. The minimum Gasteiger partial charge on any atom is -0.321 e. The lowest BCUT2D eigenvalue weighted by Crippen LogP contribution is -2.24. The Bertz CT molecular complexity index is 1010. The van der Waals surface area contributed by atoms with Crippen LogP contribution in [0.15, 0.2) is 47.1 Å². The van der Waals surface area contributed by atoms with Crippen LogP contribution in [-0.4, -0.2) is 12.1 Å². The molecule has 0 spiro atoms. The number of carbonyl (C=O) groups excluding carboxylic acids is 1. The Morgan fingerprint density at radius 3 is 2.82 bits per heavy atom. The van der Waals surface area contributed by atoms with E-state index >= 15 is 0 Å². The first-order valence-electron chi connectivity index (χ1n) is 10.0. The zero-order valence-corrected chi connectivity index (χ0v) is 17.5. The number of thiophene rings is 1. The predicted molar refractivity (Wildman–Crippen MR) is 118 cm³/mol. The minimum atomic E-state index is -0.0818. The Morgan fingerprint density at radius 2 is 2.04 bits per heavy atom. The summed E-state index contributed by atoms with van der Waals surface area (Å²) in [5.74, 6) is 0.169. The number of aliphatic imine (C=N–C) groups is 1. The van der Waals surface area contributed by atoms with Crippen LogP contribution < -0.4 is 5.32 Å². The minimum absolute atomic E-state index is 0.0818. The van der Waals surface area contributed by atoms with Crippen LogP contribution in [0.4, 0.5) is 0 Å². The second-order valence-electron chi connectivity index (χ2n) is 7.56. The molecule has 1 atom stereocenters. The molecule has 0 fully saturated rings. The molecule has 0 saturated heterocycles.